The van der Waals surface area contributed by atoms with Gasteiger partial charge in [-0.05, 0) is 48.9 Å². The second-order valence-electron chi connectivity index (χ2n) is 4.90. The van der Waals surface area contributed by atoms with Crippen LogP contribution in [0.5, 0.6) is 0 Å². The Balaban J connectivity index is 2.07. The molecule has 1 aromatic heterocycles. The number of hydrogen-bond acceptors (Lipinski definition) is 4. The number of hydrogen-bond donors (Lipinski definition) is 1. The first kappa shape index (κ1) is 12.9. The molecule has 2 rings (SSSR count). The number of benzene rings is 1. The maximum Gasteiger partial charge on any atom is 0.313 e. The normalized spacial score (nSPS) is 11.5. The largest absolute Gasteiger partial charge is 0.469 e. The van der Waals surface area contributed by atoms with Gasteiger partial charge in [-0.15, -0.1) is 11.3 Å². The van der Waals surface area contributed by atoms with Gasteiger partial charge in [0, 0.05) is 16.9 Å². The van der Waals surface area contributed by atoms with Crippen LogP contribution in [0, 0.1) is 5.41 Å². The molecule has 0 aliphatic rings. The molecule has 18 heavy (non-hydrogen) atoms. The standard InChI is InChI=1S/C14H17NO2S/c1-14(2,13(16)17-3)9-15-11-4-5-12-10(8-11)6-7-18-12/h4-8,15H,9H2,1-3H3. The highest BCUT2D eigenvalue weighted by atomic mass is 32.1. The first-order valence-corrected chi connectivity index (χ1v) is 6.70. The van der Waals surface area contributed by atoms with Crippen molar-refractivity contribution < 1.29 is 9.53 Å². The number of carbonyl (C=O) groups is 1. The second-order valence-corrected chi connectivity index (χ2v) is 5.85. The smallest absolute Gasteiger partial charge is 0.313 e. The summed E-state index contributed by atoms with van der Waals surface area (Å²) in [5.74, 6) is -0.202. The lowest BCUT2D eigenvalue weighted by Crippen LogP contribution is -2.33. The van der Waals surface area contributed by atoms with E-state index in [4.69, 9.17) is 4.74 Å². The highest BCUT2D eigenvalue weighted by molar-refractivity contribution is 7.17. The van der Waals surface area contributed by atoms with Gasteiger partial charge in [-0.3, -0.25) is 4.79 Å². The Hall–Kier alpha value is -1.55. The maximum absolute atomic E-state index is 11.6. The van der Waals surface area contributed by atoms with Crippen LogP contribution in [0.3, 0.4) is 0 Å². The van der Waals surface area contributed by atoms with Crippen molar-refractivity contribution in [2.75, 3.05) is 19.0 Å². The summed E-state index contributed by atoms with van der Waals surface area (Å²) in [6.07, 6.45) is 0. The number of rotatable bonds is 4. The molecule has 0 amide bonds. The fourth-order valence-corrected chi connectivity index (χ4v) is 2.52. The van der Waals surface area contributed by atoms with E-state index in [9.17, 15) is 4.79 Å². The fourth-order valence-electron chi connectivity index (χ4n) is 1.75. The van der Waals surface area contributed by atoms with Crippen molar-refractivity contribution in [2.45, 2.75) is 13.8 Å². The zero-order valence-corrected chi connectivity index (χ0v) is 11.6. The highest BCUT2D eigenvalue weighted by Crippen LogP contribution is 2.25. The first-order valence-electron chi connectivity index (χ1n) is 5.82. The van der Waals surface area contributed by atoms with Crippen LogP contribution in [0.2, 0.25) is 0 Å². The minimum Gasteiger partial charge on any atom is -0.469 e. The molecule has 2 aromatic rings. The predicted octanol–water partition coefficient (Wildman–Crippen LogP) is 3.51. The van der Waals surface area contributed by atoms with Gasteiger partial charge < -0.3 is 10.1 Å². The van der Waals surface area contributed by atoms with Gasteiger partial charge in [-0.25, -0.2) is 0 Å². The van der Waals surface area contributed by atoms with Crippen molar-refractivity contribution in [1.29, 1.82) is 0 Å². The molecular weight excluding hydrogens is 246 g/mol. The lowest BCUT2D eigenvalue weighted by atomic mass is 9.93. The Kier molecular flexibility index (Phi) is 3.57. The molecule has 1 heterocycles. The van der Waals surface area contributed by atoms with Crippen LogP contribution in [0.1, 0.15) is 13.8 Å². The Labute approximate surface area is 111 Å². The molecule has 0 spiro atoms. The quantitative estimate of drug-likeness (QED) is 0.858. The van der Waals surface area contributed by atoms with Gasteiger partial charge in [0.2, 0.25) is 0 Å². The van der Waals surface area contributed by atoms with Gasteiger partial charge in [-0.1, -0.05) is 0 Å². The minimum atomic E-state index is -0.529. The molecule has 0 fully saturated rings. The zero-order valence-electron chi connectivity index (χ0n) is 10.8. The summed E-state index contributed by atoms with van der Waals surface area (Å²) in [6, 6.07) is 8.31. The summed E-state index contributed by atoms with van der Waals surface area (Å²) in [4.78, 5) is 11.6. The molecule has 0 unspecified atom stereocenters. The Bertz CT molecular complexity index is 560. The van der Waals surface area contributed by atoms with Gasteiger partial charge in [0.15, 0.2) is 0 Å². The number of carbonyl (C=O) groups excluding carboxylic acids is 1. The number of thiophene rings is 1. The molecule has 1 N–H and O–H groups in total. The number of methoxy groups -OCH3 is 1. The number of fused-ring (bicyclic) bond motifs is 1. The summed E-state index contributed by atoms with van der Waals surface area (Å²) < 4.78 is 6.06. The molecule has 0 saturated carbocycles. The monoisotopic (exact) mass is 263 g/mol. The van der Waals surface area contributed by atoms with E-state index in [1.54, 1.807) is 11.3 Å². The lowest BCUT2D eigenvalue weighted by Gasteiger charge is -2.22. The maximum atomic E-state index is 11.6. The molecular formula is C14H17NO2S. The summed E-state index contributed by atoms with van der Waals surface area (Å²) in [6.45, 7) is 4.29. The molecule has 0 saturated heterocycles. The van der Waals surface area contributed by atoms with Crippen LogP contribution >= 0.6 is 11.3 Å². The van der Waals surface area contributed by atoms with E-state index in [2.05, 4.69) is 28.9 Å². The molecule has 0 aliphatic heterocycles. The van der Waals surface area contributed by atoms with E-state index in [1.807, 2.05) is 19.9 Å². The molecule has 4 heteroatoms. The summed E-state index contributed by atoms with van der Waals surface area (Å²) >= 11 is 1.73. The van der Waals surface area contributed by atoms with Gasteiger partial charge in [-0.2, -0.15) is 0 Å². The van der Waals surface area contributed by atoms with Crippen molar-refractivity contribution in [1.82, 2.24) is 0 Å². The third kappa shape index (κ3) is 2.64. The van der Waals surface area contributed by atoms with Crippen LogP contribution in [0.25, 0.3) is 10.1 Å². The highest BCUT2D eigenvalue weighted by Gasteiger charge is 2.28. The molecule has 0 radical (unpaired) electrons. The zero-order chi connectivity index (χ0) is 13.2. The summed E-state index contributed by atoms with van der Waals surface area (Å²) in [5, 5.41) is 6.59. The van der Waals surface area contributed by atoms with E-state index < -0.39 is 5.41 Å². The number of esters is 1. The van der Waals surface area contributed by atoms with E-state index in [0.717, 1.165) is 5.69 Å². The van der Waals surface area contributed by atoms with E-state index in [-0.39, 0.29) is 5.97 Å². The number of anilines is 1. The number of nitrogens with one attached hydrogen (secondary N) is 1. The summed E-state index contributed by atoms with van der Waals surface area (Å²) in [5.41, 5.74) is 0.496. The van der Waals surface area contributed by atoms with Crippen LogP contribution in [-0.2, 0) is 9.53 Å². The van der Waals surface area contributed by atoms with Crippen LogP contribution in [-0.4, -0.2) is 19.6 Å². The first-order chi connectivity index (χ1) is 8.53. The predicted molar refractivity (Wildman–Crippen MR) is 76.1 cm³/mol. The molecule has 0 bridgehead atoms. The van der Waals surface area contributed by atoms with Crippen LogP contribution < -0.4 is 5.32 Å². The SMILES string of the molecule is COC(=O)C(C)(C)CNc1ccc2sccc2c1. The van der Waals surface area contributed by atoms with Crippen molar-refractivity contribution in [3.8, 4) is 0 Å². The lowest BCUT2D eigenvalue weighted by molar-refractivity contribution is -0.149. The Morgan fingerprint density at radius 1 is 1.39 bits per heavy atom. The van der Waals surface area contributed by atoms with E-state index >= 15 is 0 Å². The number of ether oxygens (including phenoxy) is 1. The molecule has 0 atom stereocenters. The van der Waals surface area contributed by atoms with E-state index in [1.165, 1.54) is 17.2 Å². The molecule has 0 aliphatic carbocycles. The fraction of sp³-hybridized carbons (Fsp3) is 0.357. The Morgan fingerprint density at radius 3 is 2.89 bits per heavy atom. The Morgan fingerprint density at radius 2 is 2.17 bits per heavy atom. The van der Waals surface area contributed by atoms with Crippen molar-refractivity contribution in [2.24, 2.45) is 5.41 Å². The average molecular weight is 263 g/mol. The topological polar surface area (TPSA) is 38.3 Å². The van der Waals surface area contributed by atoms with Crippen molar-refractivity contribution >= 4 is 33.1 Å². The minimum absolute atomic E-state index is 0.202. The van der Waals surface area contributed by atoms with Gasteiger partial charge >= 0.3 is 5.97 Å². The molecule has 3 nitrogen and oxygen atoms in total. The van der Waals surface area contributed by atoms with Gasteiger partial charge in [0.25, 0.3) is 0 Å². The summed E-state index contributed by atoms with van der Waals surface area (Å²) in [7, 11) is 1.42. The van der Waals surface area contributed by atoms with Gasteiger partial charge in [0.1, 0.15) is 0 Å². The average Bonchev–Trinajstić information content (AvgIpc) is 2.82. The third-order valence-corrected chi connectivity index (χ3v) is 3.82. The molecule has 1 aromatic carbocycles. The van der Waals surface area contributed by atoms with Crippen molar-refractivity contribution in [3.05, 3.63) is 29.6 Å². The van der Waals surface area contributed by atoms with Crippen LogP contribution in [0.4, 0.5) is 5.69 Å². The van der Waals surface area contributed by atoms with Crippen molar-refractivity contribution in [3.63, 3.8) is 0 Å². The van der Waals surface area contributed by atoms with Crippen LogP contribution in [0.15, 0.2) is 29.6 Å². The molecule has 96 valence electrons. The second kappa shape index (κ2) is 4.98. The van der Waals surface area contributed by atoms with Gasteiger partial charge in [0.05, 0.1) is 12.5 Å². The van der Waals surface area contributed by atoms with E-state index in [0.29, 0.717) is 6.54 Å². The third-order valence-electron chi connectivity index (χ3n) is 2.92.